The molecule has 1 heterocycles. The number of carboxylic acids is 1. The van der Waals surface area contributed by atoms with Crippen LogP contribution in [0.5, 0.6) is 5.75 Å². The standard InChI is InChI=1S/C14H17NO4/c1-9(2)13(14(17)18)15(8-16)12-7-10-5-3-4-6-11(10)19-12/h3-6,8-9,12-13H,7H2,1-2H3,(H,17,18). The lowest BCUT2D eigenvalue weighted by Crippen LogP contribution is -2.51. The highest BCUT2D eigenvalue weighted by atomic mass is 16.5. The van der Waals surface area contributed by atoms with Crippen LogP contribution >= 0.6 is 0 Å². The fraction of sp³-hybridized carbons (Fsp3) is 0.429. The van der Waals surface area contributed by atoms with E-state index < -0.39 is 18.2 Å². The molecule has 1 aliphatic heterocycles. The molecule has 0 saturated carbocycles. The summed E-state index contributed by atoms with van der Waals surface area (Å²) < 4.78 is 5.67. The van der Waals surface area contributed by atoms with Gasteiger partial charge < -0.3 is 9.84 Å². The summed E-state index contributed by atoms with van der Waals surface area (Å²) in [4.78, 5) is 23.8. The molecule has 0 aromatic heterocycles. The number of amides is 1. The lowest BCUT2D eigenvalue weighted by atomic mass is 10.0. The van der Waals surface area contributed by atoms with Crippen LogP contribution in [0.15, 0.2) is 24.3 Å². The Morgan fingerprint density at radius 2 is 2.16 bits per heavy atom. The molecule has 0 saturated heterocycles. The van der Waals surface area contributed by atoms with Crippen molar-refractivity contribution in [2.24, 2.45) is 5.92 Å². The van der Waals surface area contributed by atoms with Crippen LogP contribution in [0.25, 0.3) is 0 Å². The zero-order chi connectivity index (χ0) is 14.0. The fourth-order valence-corrected chi connectivity index (χ4v) is 2.40. The maximum atomic E-state index is 11.3. The Morgan fingerprint density at radius 1 is 1.47 bits per heavy atom. The predicted molar refractivity (Wildman–Crippen MR) is 68.7 cm³/mol. The summed E-state index contributed by atoms with van der Waals surface area (Å²) >= 11 is 0. The van der Waals surface area contributed by atoms with Gasteiger partial charge in [-0.1, -0.05) is 32.0 Å². The van der Waals surface area contributed by atoms with Crippen LogP contribution in [0.3, 0.4) is 0 Å². The molecule has 2 rings (SSSR count). The van der Waals surface area contributed by atoms with Crippen LogP contribution in [0, 0.1) is 5.92 Å². The maximum absolute atomic E-state index is 11.3. The van der Waals surface area contributed by atoms with E-state index in [9.17, 15) is 14.7 Å². The summed E-state index contributed by atoms with van der Waals surface area (Å²) in [5, 5.41) is 9.27. The first-order valence-electron chi connectivity index (χ1n) is 6.24. The second-order valence-corrected chi connectivity index (χ2v) is 4.96. The molecule has 102 valence electrons. The van der Waals surface area contributed by atoms with Crippen LogP contribution in [-0.4, -0.2) is 34.7 Å². The van der Waals surface area contributed by atoms with Gasteiger partial charge >= 0.3 is 5.97 Å². The Morgan fingerprint density at radius 3 is 2.68 bits per heavy atom. The van der Waals surface area contributed by atoms with Gasteiger partial charge in [0.25, 0.3) is 0 Å². The zero-order valence-electron chi connectivity index (χ0n) is 10.9. The summed E-state index contributed by atoms with van der Waals surface area (Å²) in [7, 11) is 0. The molecule has 2 unspecified atom stereocenters. The van der Waals surface area contributed by atoms with Crippen molar-refractivity contribution in [3.63, 3.8) is 0 Å². The van der Waals surface area contributed by atoms with E-state index in [2.05, 4.69) is 0 Å². The number of rotatable bonds is 5. The van der Waals surface area contributed by atoms with Gasteiger partial charge in [0.15, 0.2) is 6.23 Å². The Hall–Kier alpha value is -2.04. The van der Waals surface area contributed by atoms with Gasteiger partial charge in [-0.25, -0.2) is 4.79 Å². The minimum absolute atomic E-state index is 0.185. The number of aliphatic carboxylic acids is 1. The van der Waals surface area contributed by atoms with Gasteiger partial charge in [0.05, 0.1) is 0 Å². The summed E-state index contributed by atoms with van der Waals surface area (Å²) in [5.41, 5.74) is 0.993. The van der Waals surface area contributed by atoms with Crippen LogP contribution in [0.2, 0.25) is 0 Å². The van der Waals surface area contributed by atoms with Crippen molar-refractivity contribution in [1.82, 2.24) is 4.90 Å². The van der Waals surface area contributed by atoms with Crippen molar-refractivity contribution >= 4 is 12.4 Å². The number of carbonyl (C=O) groups excluding carboxylic acids is 1. The van der Waals surface area contributed by atoms with Gasteiger partial charge in [-0.05, 0) is 17.5 Å². The molecule has 5 heteroatoms. The first kappa shape index (κ1) is 13.4. The molecule has 1 aliphatic rings. The smallest absolute Gasteiger partial charge is 0.326 e. The Balaban J connectivity index is 2.21. The first-order valence-corrected chi connectivity index (χ1v) is 6.24. The lowest BCUT2D eigenvalue weighted by molar-refractivity contribution is -0.154. The van der Waals surface area contributed by atoms with E-state index >= 15 is 0 Å². The second-order valence-electron chi connectivity index (χ2n) is 4.96. The molecule has 0 fully saturated rings. The monoisotopic (exact) mass is 263 g/mol. The highest BCUT2D eigenvalue weighted by molar-refractivity contribution is 5.76. The molecule has 0 bridgehead atoms. The molecule has 1 N–H and O–H groups in total. The second kappa shape index (κ2) is 5.30. The first-order chi connectivity index (χ1) is 9.04. The number of nitrogens with zero attached hydrogens (tertiary/aromatic N) is 1. The third kappa shape index (κ3) is 2.54. The molecule has 0 aliphatic carbocycles. The van der Waals surface area contributed by atoms with Crippen LogP contribution in [0.1, 0.15) is 19.4 Å². The van der Waals surface area contributed by atoms with E-state index in [0.29, 0.717) is 18.6 Å². The number of ether oxygens (including phenoxy) is 1. The Bertz CT molecular complexity index is 461. The summed E-state index contributed by atoms with van der Waals surface area (Å²) in [5.74, 6) is -0.482. The summed E-state index contributed by atoms with van der Waals surface area (Å²) in [6.45, 7) is 3.55. The number of benzene rings is 1. The van der Waals surface area contributed by atoms with Gasteiger partial charge in [-0.15, -0.1) is 0 Å². The minimum Gasteiger partial charge on any atom is -0.480 e. The van der Waals surface area contributed by atoms with E-state index in [1.807, 2.05) is 24.3 Å². The summed E-state index contributed by atoms with van der Waals surface area (Å²) in [6.07, 6.45) is 0.541. The number of fused-ring (bicyclic) bond motifs is 1. The highest BCUT2D eigenvalue weighted by Gasteiger charge is 2.36. The van der Waals surface area contributed by atoms with Gasteiger partial charge in [-0.2, -0.15) is 0 Å². The molecule has 19 heavy (non-hydrogen) atoms. The largest absolute Gasteiger partial charge is 0.480 e. The normalized spacial score (nSPS) is 18.6. The molecular weight excluding hydrogens is 246 g/mol. The molecule has 0 spiro atoms. The van der Waals surface area contributed by atoms with Crippen molar-refractivity contribution in [3.05, 3.63) is 29.8 Å². The number of hydrogen-bond donors (Lipinski definition) is 1. The van der Waals surface area contributed by atoms with Crippen molar-refractivity contribution in [1.29, 1.82) is 0 Å². The number of hydrogen-bond acceptors (Lipinski definition) is 3. The van der Waals surface area contributed by atoms with E-state index in [-0.39, 0.29) is 5.92 Å². The quantitative estimate of drug-likeness (QED) is 0.818. The number of carbonyl (C=O) groups is 2. The number of para-hydroxylation sites is 1. The average Bonchev–Trinajstić information content (AvgIpc) is 2.77. The summed E-state index contributed by atoms with van der Waals surface area (Å²) in [6, 6.07) is 6.61. The van der Waals surface area contributed by atoms with E-state index in [0.717, 1.165) is 5.56 Å². The average molecular weight is 263 g/mol. The van der Waals surface area contributed by atoms with Crippen LogP contribution in [0.4, 0.5) is 0 Å². The topological polar surface area (TPSA) is 66.8 Å². The molecule has 1 aromatic carbocycles. The van der Waals surface area contributed by atoms with Gasteiger partial charge in [-0.3, -0.25) is 9.69 Å². The Labute approximate surface area is 111 Å². The molecule has 1 aromatic rings. The molecule has 0 radical (unpaired) electrons. The van der Waals surface area contributed by atoms with Crippen molar-refractivity contribution in [2.75, 3.05) is 0 Å². The predicted octanol–water partition coefficient (Wildman–Crippen LogP) is 1.52. The van der Waals surface area contributed by atoms with Crippen LogP contribution < -0.4 is 4.74 Å². The van der Waals surface area contributed by atoms with Crippen molar-refractivity contribution in [2.45, 2.75) is 32.5 Å². The van der Waals surface area contributed by atoms with Crippen molar-refractivity contribution in [3.8, 4) is 5.75 Å². The number of carboxylic acid groups (broad SMARTS) is 1. The maximum Gasteiger partial charge on any atom is 0.326 e. The minimum atomic E-state index is -1.01. The van der Waals surface area contributed by atoms with Crippen molar-refractivity contribution < 1.29 is 19.4 Å². The van der Waals surface area contributed by atoms with Gasteiger partial charge in [0, 0.05) is 6.42 Å². The van der Waals surface area contributed by atoms with Gasteiger partial charge in [0.1, 0.15) is 11.8 Å². The molecular formula is C14H17NO4. The lowest BCUT2D eigenvalue weighted by Gasteiger charge is -2.32. The third-order valence-corrected chi connectivity index (χ3v) is 3.29. The Kier molecular flexibility index (Phi) is 3.74. The molecule has 2 atom stereocenters. The van der Waals surface area contributed by atoms with E-state index in [4.69, 9.17) is 4.74 Å². The van der Waals surface area contributed by atoms with Crippen LogP contribution in [-0.2, 0) is 16.0 Å². The van der Waals surface area contributed by atoms with Gasteiger partial charge in [0.2, 0.25) is 6.41 Å². The zero-order valence-corrected chi connectivity index (χ0v) is 10.9. The van der Waals surface area contributed by atoms with E-state index in [1.54, 1.807) is 13.8 Å². The molecule has 5 nitrogen and oxygen atoms in total. The fourth-order valence-electron chi connectivity index (χ4n) is 2.40. The highest BCUT2D eigenvalue weighted by Crippen LogP contribution is 2.30. The molecule has 1 amide bonds. The third-order valence-electron chi connectivity index (χ3n) is 3.29. The van der Waals surface area contributed by atoms with E-state index in [1.165, 1.54) is 4.90 Å². The SMILES string of the molecule is CC(C)C(C(=O)O)N(C=O)C1Cc2ccccc2O1.